The number of hydrogen-bond donors (Lipinski definition) is 2. The number of hydrogen-bond acceptors (Lipinski definition) is 5. The Morgan fingerprint density at radius 3 is 2.41 bits per heavy atom. The van der Waals surface area contributed by atoms with Crippen molar-refractivity contribution in [1.82, 2.24) is 4.90 Å². The lowest BCUT2D eigenvalue weighted by Gasteiger charge is -2.17. The van der Waals surface area contributed by atoms with E-state index < -0.39 is 5.91 Å². The Hall–Kier alpha value is -3.25. The van der Waals surface area contributed by atoms with Crippen molar-refractivity contribution >= 4 is 28.1 Å². The van der Waals surface area contributed by atoms with Gasteiger partial charge in [-0.2, -0.15) is 0 Å². The van der Waals surface area contributed by atoms with E-state index >= 15 is 0 Å². The monoisotopic (exact) mass is 461 g/mol. The quantitative estimate of drug-likeness (QED) is 0.331. The lowest BCUT2D eigenvalue weighted by molar-refractivity contribution is 0.100. The minimum absolute atomic E-state index is 0.253. The van der Waals surface area contributed by atoms with E-state index in [1.807, 2.05) is 36.4 Å². The number of aryl methyl sites for hydroxylation is 1. The first-order valence-electron chi connectivity index (χ1n) is 12.3. The fourth-order valence-corrected chi connectivity index (χ4v) is 4.60. The number of fused-ring (bicyclic) bond motifs is 2. The Kier molecular flexibility index (Phi) is 7.91. The zero-order chi connectivity index (χ0) is 23.9. The SMILES string of the molecule is CCN(CC)CCCCCCc1ccc(C(N)=O)c2ccc(Nc3ccc4c(c3)OCO4)cc12. The van der Waals surface area contributed by atoms with Gasteiger partial charge in [0, 0.05) is 23.0 Å². The Balaban J connectivity index is 1.47. The number of nitrogens with one attached hydrogen (secondary N) is 1. The maximum atomic E-state index is 12.0. The van der Waals surface area contributed by atoms with Crippen molar-refractivity contribution in [3.05, 3.63) is 59.7 Å². The Morgan fingerprint density at radius 1 is 0.882 bits per heavy atom. The van der Waals surface area contributed by atoms with Gasteiger partial charge >= 0.3 is 0 Å². The highest BCUT2D eigenvalue weighted by molar-refractivity contribution is 6.08. The fraction of sp³-hybridized carbons (Fsp3) is 0.393. The van der Waals surface area contributed by atoms with Crippen LogP contribution in [-0.4, -0.2) is 37.2 Å². The summed E-state index contributed by atoms with van der Waals surface area (Å²) in [6, 6.07) is 15.8. The van der Waals surface area contributed by atoms with Crippen LogP contribution < -0.4 is 20.5 Å². The molecule has 3 aromatic carbocycles. The van der Waals surface area contributed by atoms with Crippen LogP contribution in [0.5, 0.6) is 11.5 Å². The van der Waals surface area contributed by atoms with E-state index in [1.54, 1.807) is 0 Å². The topological polar surface area (TPSA) is 76.8 Å². The number of carbonyl (C=O) groups is 1. The molecule has 0 atom stereocenters. The summed E-state index contributed by atoms with van der Waals surface area (Å²) in [5.74, 6) is 1.10. The number of nitrogens with zero attached hydrogens (tertiary/aromatic N) is 1. The van der Waals surface area contributed by atoms with E-state index in [0.29, 0.717) is 5.56 Å². The van der Waals surface area contributed by atoms with Gasteiger partial charge in [-0.1, -0.05) is 38.8 Å². The van der Waals surface area contributed by atoms with Gasteiger partial charge in [-0.3, -0.25) is 4.79 Å². The number of anilines is 2. The number of nitrogens with two attached hydrogens (primary N) is 1. The summed E-state index contributed by atoms with van der Waals surface area (Å²) in [6.07, 6.45) is 5.80. The summed E-state index contributed by atoms with van der Waals surface area (Å²) < 4.78 is 10.9. The first-order valence-corrected chi connectivity index (χ1v) is 12.3. The Morgan fingerprint density at radius 2 is 1.62 bits per heavy atom. The van der Waals surface area contributed by atoms with Gasteiger partial charge in [0.1, 0.15) is 0 Å². The molecule has 180 valence electrons. The Labute approximate surface area is 202 Å². The maximum absolute atomic E-state index is 12.0. The van der Waals surface area contributed by atoms with Gasteiger partial charge < -0.3 is 25.4 Å². The molecule has 0 unspecified atom stereocenters. The number of unbranched alkanes of at least 4 members (excludes halogenated alkanes) is 3. The third-order valence-corrected chi connectivity index (χ3v) is 6.60. The zero-order valence-corrected chi connectivity index (χ0v) is 20.2. The number of primary amides is 1. The van der Waals surface area contributed by atoms with Gasteiger partial charge in [-0.05, 0) is 85.6 Å². The number of rotatable bonds is 12. The van der Waals surface area contributed by atoms with Crippen LogP contribution in [0.1, 0.15) is 55.5 Å². The molecule has 1 heterocycles. The summed E-state index contributed by atoms with van der Waals surface area (Å²) in [7, 11) is 0. The molecule has 1 aliphatic heterocycles. The van der Waals surface area contributed by atoms with Crippen LogP contribution in [-0.2, 0) is 6.42 Å². The van der Waals surface area contributed by atoms with Crippen molar-refractivity contribution in [2.75, 3.05) is 31.7 Å². The van der Waals surface area contributed by atoms with Gasteiger partial charge in [0.05, 0.1) is 0 Å². The predicted molar refractivity (Wildman–Crippen MR) is 138 cm³/mol. The second-order valence-electron chi connectivity index (χ2n) is 8.78. The largest absolute Gasteiger partial charge is 0.454 e. The first-order chi connectivity index (χ1) is 16.6. The maximum Gasteiger partial charge on any atom is 0.249 e. The highest BCUT2D eigenvalue weighted by Crippen LogP contribution is 2.36. The lowest BCUT2D eigenvalue weighted by Crippen LogP contribution is -2.23. The van der Waals surface area contributed by atoms with Crippen LogP contribution in [0.3, 0.4) is 0 Å². The summed E-state index contributed by atoms with van der Waals surface area (Å²) in [4.78, 5) is 14.5. The molecule has 0 bridgehead atoms. The molecule has 0 saturated heterocycles. The van der Waals surface area contributed by atoms with Crippen molar-refractivity contribution in [1.29, 1.82) is 0 Å². The summed E-state index contributed by atoms with van der Waals surface area (Å²) in [6.45, 7) is 8.12. The smallest absolute Gasteiger partial charge is 0.249 e. The van der Waals surface area contributed by atoms with Crippen molar-refractivity contribution in [2.24, 2.45) is 5.73 Å². The van der Waals surface area contributed by atoms with Crippen LogP contribution >= 0.6 is 0 Å². The number of carbonyl (C=O) groups excluding carboxylic acids is 1. The van der Waals surface area contributed by atoms with E-state index in [9.17, 15) is 4.79 Å². The molecule has 0 fully saturated rings. The van der Waals surface area contributed by atoms with Gasteiger partial charge in [0.15, 0.2) is 11.5 Å². The molecule has 6 nitrogen and oxygen atoms in total. The molecule has 0 spiro atoms. The highest BCUT2D eigenvalue weighted by Gasteiger charge is 2.14. The number of benzene rings is 3. The molecule has 6 heteroatoms. The molecule has 0 aromatic heterocycles. The van der Waals surface area contributed by atoms with Crippen molar-refractivity contribution in [3.8, 4) is 11.5 Å². The fourth-order valence-electron chi connectivity index (χ4n) is 4.60. The lowest BCUT2D eigenvalue weighted by atomic mass is 9.95. The molecule has 1 aliphatic rings. The molecule has 1 amide bonds. The molecule has 0 aliphatic carbocycles. The van der Waals surface area contributed by atoms with Crippen molar-refractivity contribution in [2.45, 2.75) is 46.0 Å². The van der Waals surface area contributed by atoms with E-state index in [2.05, 4.69) is 36.2 Å². The third-order valence-electron chi connectivity index (χ3n) is 6.60. The van der Waals surface area contributed by atoms with Crippen LogP contribution in [0.15, 0.2) is 48.5 Å². The molecular formula is C28H35N3O3. The molecular weight excluding hydrogens is 426 g/mol. The van der Waals surface area contributed by atoms with E-state index in [0.717, 1.165) is 59.6 Å². The average molecular weight is 462 g/mol. The molecule has 4 rings (SSSR count). The molecule has 0 radical (unpaired) electrons. The second kappa shape index (κ2) is 11.3. The first kappa shape index (κ1) is 23.9. The van der Waals surface area contributed by atoms with Crippen LogP contribution in [0, 0.1) is 0 Å². The standard InChI is InChI=1S/C28H35N3O3/c1-3-31(4-2)16-8-6-5-7-9-20-10-13-24(28(29)32)23-14-11-21(17-25(20)23)30-22-12-15-26-27(18-22)34-19-33-26/h10-15,17-18,30H,3-9,16,19H2,1-2H3,(H2,29,32). The predicted octanol–water partition coefficient (Wildman–Crippen LogP) is 5.86. The Bertz CT molecular complexity index is 1140. The minimum Gasteiger partial charge on any atom is -0.454 e. The highest BCUT2D eigenvalue weighted by atomic mass is 16.7. The second-order valence-corrected chi connectivity index (χ2v) is 8.78. The molecule has 3 N–H and O–H groups in total. The van der Waals surface area contributed by atoms with E-state index in [1.165, 1.54) is 31.4 Å². The molecule has 3 aromatic rings. The normalized spacial score (nSPS) is 12.4. The number of amides is 1. The summed E-state index contributed by atoms with van der Waals surface area (Å²) in [5.41, 5.74) is 9.35. The van der Waals surface area contributed by atoms with E-state index in [-0.39, 0.29) is 6.79 Å². The number of ether oxygens (including phenoxy) is 2. The zero-order valence-electron chi connectivity index (χ0n) is 20.2. The van der Waals surface area contributed by atoms with Gasteiger partial charge in [0.2, 0.25) is 12.7 Å². The van der Waals surface area contributed by atoms with Crippen molar-refractivity contribution in [3.63, 3.8) is 0 Å². The van der Waals surface area contributed by atoms with Gasteiger partial charge in [0.25, 0.3) is 0 Å². The minimum atomic E-state index is -0.399. The van der Waals surface area contributed by atoms with Crippen LogP contribution in [0.25, 0.3) is 10.8 Å². The van der Waals surface area contributed by atoms with Crippen LogP contribution in [0.4, 0.5) is 11.4 Å². The average Bonchev–Trinajstić information content (AvgIpc) is 3.31. The van der Waals surface area contributed by atoms with Gasteiger partial charge in [-0.25, -0.2) is 0 Å². The summed E-state index contributed by atoms with van der Waals surface area (Å²) >= 11 is 0. The third kappa shape index (κ3) is 5.62. The van der Waals surface area contributed by atoms with Gasteiger partial charge in [-0.15, -0.1) is 0 Å². The molecule has 0 saturated carbocycles. The van der Waals surface area contributed by atoms with E-state index in [4.69, 9.17) is 15.2 Å². The summed E-state index contributed by atoms with van der Waals surface area (Å²) in [5, 5.41) is 5.43. The van der Waals surface area contributed by atoms with Crippen molar-refractivity contribution < 1.29 is 14.3 Å². The molecule has 34 heavy (non-hydrogen) atoms. The van der Waals surface area contributed by atoms with Crippen LogP contribution in [0.2, 0.25) is 0 Å².